The molecule has 0 bridgehead atoms. The van der Waals surface area contributed by atoms with Gasteiger partial charge < -0.3 is 4.74 Å². The van der Waals surface area contributed by atoms with Gasteiger partial charge in [0, 0.05) is 5.41 Å². The SMILES string of the molecule is CC1(C)C=C(C#N)C(=O)OC1. The molecule has 0 aliphatic carbocycles. The molecule has 0 atom stereocenters. The minimum Gasteiger partial charge on any atom is -0.461 e. The van der Waals surface area contributed by atoms with Gasteiger partial charge in [-0.3, -0.25) is 0 Å². The van der Waals surface area contributed by atoms with E-state index in [2.05, 4.69) is 0 Å². The molecule has 0 spiro atoms. The molecule has 0 saturated heterocycles. The van der Waals surface area contributed by atoms with Crippen LogP contribution in [0.5, 0.6) is 0 Å². The van der Waals surface area contributed by atoms with E-state index in [4.69, 9.17) is 10.00 Å². The number of nitriles is 1. The number of hydrogen-bond donors (Lipinski definition) is 0. The average Bonchev–Trinajstić information content (AvgIpc) is 1.94. The first kappa shape index (κ1) is 7.80. The van der Waals surface area contributed by atoms with Crippen molar-refractivity contribution in [3.8, 4) is 6.07 Å². The largest absolute Gasteiger partial charge is 0.461 e. The number of esters is 1. The molecule has 0 fully saturated rings. The van der Waals surface area contributed by atoms with Gasteiger partial charge in [-0.25, -0.2) is 4.79 Å². The van der Waals surface area contributed by atoms with Crippen LogP contribution in [0.1, 0.15) is 13.8 Å². The van der Waals surface area contributed by atoms with Crippen LogP contribution in [0.15, 0.2) is 11.6 Å². The number of hydrogen-bond acceptors (Lipinski definition) is 3. The lowest BCUT2D eigenvalue weighted by molar-refractivity contribution is -0.142. The number of ether oxygens (including phenoxy) is 1. The van der Waals surface area contributed by atoms with Crippen LogP contribution in [0.25, 0.3) is 0 Å². The molecule has 1 aliphatic rings. The zero-order chi connectivity index (χ0) is 8.48. The van der Waals surface area contributed by atoms with Crippen LogP contribution in [0.2, 0.25) is 0 Å². The Kier molecular flexibility index (Phi) is 1.69. The fourth-order valence-electron chi connectivity index (χ4n) is 0.899. The van der Waals surface area contributed by atoms with E-state index in [0.29, 0.717) is 6.61 Å². The van der Waals surface area contributed by atoms with Gasteiger partial charge in [-0.1, -0.05) is 19.9 Å². The summed E-state index contributed by atoms with van der Waals surface area (Å²) >= 11 is 0. The van der Waals surface area contributed by atoms with Crippen molar-refractivity contribution in [3.63, 3.8) is 0 Å². The highest BCUT2D eigenvalue weighted by molar-refractivity contribution is 5.93. The summed E-state index contributed by atoms with van der Waals surface area (Å²) in [5.74, 6) is -0.508. The van der Waals surface area contributed by atoms with E-state index in [9.17, 15) is 4.79 Å². The molecule has 0 unspecified atom stereocenters. The molecule has 11 heavy (non-hydrogen) atoms. The van der Waals surface area contributed by atoms with Crippen molar-refractivity contribution >= 4 is 5.97 Å². The number of rotatable bonds is 0. The third-order valence-electron chi connectivity index (χ3n) is 1.45. The van der Waals surface area contributed by atoms with Crippen LogP contribution in [-0.4, -0.2) is 12.6 Å². The lowest BCUT2D eigenvalue weighted by atomic mass is 9.90. The van der Waals surface area contributed by atoms with Gasteiger partial charge in [0.05, 0.1) is 0 Å². The van der Waals surface area contributed by atoms with Crippen LogP contribution in [0.4, 0.5) is 0 Å². The lowest BCUT2D eigenvalue weighted by Gasteiger charge is -2.24. The van der Waals surface area contributed by atoms with Crippen LogP contribution >= 0.6 is 0 Å². The first-order valence-electron chi connectivity index (χ1n) is 3.35. The molecule has 0 aromatic carbocycles. The van der Waals surface area contributed by atoms with Crippen LogP contribution in [0, 0.1) is 16.7 Å². The Bertz CT molecular complexity index is 258. The number of cyclic esters (lactones) is 1. The molecule has 1 heterocycles. The fourth-order valence-corrected chi connectivity index (χ4v) is 0.899. The molecular formula is C8H9NO2. The van der Waals surface area contributed by atoms with Gasteiger partial charge in [0.1, 0.15) is 18.2 Å². The molecule has 0 amide bonds. The van der Waals surface area contributed by atoms with Gasteiger partial charge in [0.2, 0.25) is 0 Å². The van der Waals surface area contributed by atoms with E-state index in [-0.39, 0.29) is 11.0 Å². The molecule has 1 rings (SSSR count). The standard InChI is InChI=1S/C8H9NO2/c1-8(2)3-6(4-9)7(10)11-5-8/h3H,5H2,1-2H3. The second-order valence-electron chi connectivity index (χ2n) is 3.23. The summed E-state index contributed by atoms with van der Waals surface area (Å²) in [5.41, 5.74) is -0.0832. The van der Waals surface area contributed by atoms with E-state index in [1.165, 1.54) is 0 Å². The minimum atomic E-state index is -0.508. The van der Waals surface area contributed by atoms with E-state index < -0.39 is 5.97 Å². The first-order chi connectivity index (χ1) is 5.05. The highest BCUT2D eigenvalue weighted by Gasteiger charge is 2.26. The zero-order valence-electron chi connectivity index (χ0n) is 6.55. The molecule has 0 aromatic heterocycles. The molecule has 3 heteroatoms. The van der Waals surface area contributed by atoms with Gasteiger partial charge in [0.15, 0.2) is 0 Å². The van der Waals surface area contributed by atoms with Gasteiger partial charge in [0.25, 0.3) is 0 Å². The summed E-state index contributed by atoms with van der Waals surface area (Å²) in [5, 5.41) is 8.47. The topological polar surface area (TPSA) is 50.1 Å². The maximum Gasteiger partial charge on any atom is 0.348 e. The van der Waals surface area contributed by atoms with Crippen molar-refractivity contribution in [2.75, 3.05) is 6.61 Å². The summed E-state index contributed by atoms with van der Waals surface area (Å²) in [4.78, 5) is 10.8. The molecular weight excluding hydrogens is 142 g/mol. The van der Waals surface area contributed by atoms with Crippen molar-refractivity contribution in [1.82, 2.24) is 0 Å². The van der Waals surface area contributed by atoms with E-state index in [1.807, 2.05) is 13.8 Å². The Hall–Kier alpha value is -1.30. The van der Waals surface area contributed by atoms with Crippen LogP contribution < -0.4 is 0 Å². The second-order valence-corrected chi connectivity index (χ2v) is 3.23. The molecule has 0 N–H and O–H groups in total. The normalized spacial score (nSPS) is 21.5. The number of nitrogens with zero attached hydrogens (tertiary/aromatic N) is 1. The maximum atomic E-state index is 10.8. The second kappa shape index (κ2) is 2.39. The van der Waals surface area contributed by atoms with E-state index >= 15 is 0 Å². The quantitative estimate of drug-likeness (QED) is 0.485. The van der Waals surface area contributed by atoms with Crippen molar-refractivity contribution in [1.29, 1.82) is 5.26 Å². The van der Waals surface area contributed by atoms with Crippen LogP contribution in [-0.2, 0) is 9.53 Å². The van der Waals surface area contributed by atoms with Gasteiger partial charge >= 0.3 is 5.97 Å². The summed E-state index contributed by atoms with van der Waals surface area (Å²) in [7, 11) is 0. The van der Waals surface area contributed by atoms with Gasteiger partial charge in [-0.2, -0.15) is 5.26 Å². The van der Waals surface area contributed by atoms with Crippen LogP contribution in [0.3, 0.4) is 0 Å². The Labute approximate surface area is 65.3 Å². The summed E-state index contributed by atoms with van der Waals surface area (Å²) in [6.45, 7) is 4.19. The van der Waals surface area contributed by atoms with Gasteiger partial charge in [-0.15, -0.1) is 0 Å². The van der Waals surface area contributed by atoms with Crippen molar-refractivity contribution in [2.45, 2.75) is 13.8 Å². The summed E-state index contributed by atoms with van der Waals surface area (Å²) in [6.07, 6.45) is 1.65. The predicted octanol–water partition coefficient (Wildman–Crippen LogP) is 1.02. The highest BCUT2D eigenvalue weighted by atomic mass is 16.5. The molecule has 3 nitrogen and oxygen atoms in total. The number of carbonyl (C=O) groups is 1. The van der Waals surface area contributed by atoms with E-state index in [1.54, 1.807) is 12.1 Å². The Balaban J connectivity index is 2.98. The number of carbonyl (C=O) groups excluding carboxylic acids is 1. The molecule has 0 saturated carbocycles. The highest BCUT2D eigenvalue weighted by Crippen LogP contribution is 2.24. The van der Waals surface area contributed by atoms with Crippen molar-refractivity contribution in [2.24, 2.45) is 5.41 Å². The molecule has 0 radical (unpaired) electrons. The monoisotopic (exact) mass is 151 g/mol. The minimum absolute atomic E-state index is 0.112. The third-order valence-corrected chi connectivity index (χ3v) is 1.45. The first-order valence-corrected chi connectivity index (χ1v) is 3.35. The predicted molar refractivity (Wildman–Crippen MR) is 38.4 cm³/mol. The molecule has 0 aromatic rings. The summed E-state index contributed by atoms with van der Waals surface area (Å²) in [6, 6.07) is 1.80. The Morgan fingerprint density at radius 3 is 2.82 bits per heavy atom. The van der Waals surface area contributed by atoms with Gasteiger partial charge in [-0.05, 0) is 0 Å². The lowest BCUT2D eigenvalue weighted by Crippen LogP contribution is -2.26. The Morgan fingerprint density at radius 1 is 1.73 bits per heavy atom. The van der Waals surface area contributed by atoms with Crippen molar-refractivity contribution < 1.29 is 9.53 Å². The fraction of sp³-hybridized carbons (Fsp3) is 0.500. The van der Waals surface area contributed by atoms with E-state index in [0.717, 1.165) is 0 Å². The third kappa shape index (κ3) is 1.58. The zero-order valence-corrected chi connectivity index (χ0v) is 6.55. The molecule has 58 valence electrons. The average molecular weight is 151 g/mol. The molecule has 1 aliphatic heterocycles. The summed E-state index contributed by atoms with van der Waals surface area (Å²) < 4.78 is 4.77. The van der Waals surface area contributed by atoms with Crippen molar-refractivity contribution in [3.05, 3.63) is 11.6 Å². The Morgan fingerprint density at radius 2 is 2.36 bits per heavy atom. The maximum absolute atomic E-state index is 10.8. The smallest absolute Gasteiger partial charge is 0.348 e.